The van der Waals surface area contributed by atoms with Crippen molar-refractivity contribution in [2.75, 3.05) is 26.3 Å². The van der Waals surface area contributed by atoms with Gasteiger partial charge in [0.05, 0.1) is 24.5 Å². The van der Waals surface area contributed by atoms with Gasteiger partial charge in [0, 0.05) is 24.9 Å². The van der Waals surface area contributed by atoms with Crippen LogP contribution in [0, 0.1) is 11.8 Å². The maximum atomic E-state index is 12.6. The van der Waals surface area contributed by atoms with E-state index in [1.54, 1.807) is 12.1 Å². The first kappa shape index (κ1) is 14.5. The largest absolute Gasteiger partial charge is 0.481 e. The number of nitrogens with zero attached hydrogens (tertiary/aromatic N) is 1. The van der Waals surface area contributed by atoms with Crippen LogP contribution in [0.3, 0.4) is 0 Å². The highest BCUT2D eigenvalue weighted by molar-refractivity contribution is 7.89. The topological polar surface area (TPSA) is 83.9 Å². The van der Waals surface area contributed by atoms with Crippen molar-refractivity contribution in [3.8, 4) is 0 Å². The Morgan fingerprint density at radius 3 is 2.29 bits per heavy atom. The molecule has 3 rings (SSSR count). The van der Waals surface area contributed by atoms with Gasteiger partial charge in [-0.25, -0.2) is 8.42 Å². The second-order valence-electron chi connectivity index (χ2n) is 5.59. The van der Waals surface area contributed by atoms with Crippen molar-refractivity contribution in [3.63, 3.8) is 0 Å². The molecule has 2 saturated heterocycles. The number of rotatable bonds is 4. The molecule has 0 bridgehead atoms. The van der Waals surface area contributed by atoms with Crippen LogP contribution < -0.4 is 0 Å². The number of ether oxygens (including phenoxy) is 1. The number of hydrogen-bond donors (Lipinski definition) is 1. The van der Waals surface area contributed by atoms with Crippen molar-refractivity contribution in [2.45, 2.75) is 11.3 Å². The van der Waals surface area contributed by atoms with Crippen molar-refractivity contribution in [3.05, 3.63) is 29.8 Å². The van der Waals surface area contributed by atoms with Crippen LogP contribution in [0.2, 0.25) is 0 Å². The van der Waals surface area contributed by atoms with Gasteiger partial charge in [-0.2, -0.15) is 4.31 Å². The average Bonchev–Trinajstić information content (AvgIpc) is 2.99. The number of carboxylic acids is 1. The molecule has 0 saturated carbocycles. The van der Waals surface area contributed by atoms with Crippen LogP contribution in [0.4, 0.5) is 0 Å². The summed E-state index contributed by atoms with van der Waals surface area (Å²) in [5.41, 5.74) is 0.591. The summed E-state index contributed by atoms with van der Waals surface area (Å²) in [7, 11) is -3.50. The zero-order valence-corrected chi connectivity index (χ0v) is 12.3. The zero-order chi connectivity index (χ0) is 15.0. The molecule has 2 aliphatic heterocycles. The van der Waals surface area contributed by atoms with Crippen molar-refractivity contribution in [1.82, 2.24) is 4.31 Å². The number of fused-ring (bicyclic) bond motifs is 1. The van der Waals surface area contributed by atoms with Gasteiger partial charge in [0.15, 0.2) is 0 Å². The SMILES string of the molecule is O=C(O)Cc1ccc(S(=O)(=O)N2C[C@H]3COC[C@H]3C2)cc1. The Balaban J connectivity index is 1.77. The second-order valence-corrected chi connectivity index (χ2v) is 7.53. The molecule has 6 nitrogen and oxygen atoms in total. The van der Waals surface area contributed by atoms with E-state index in [1.807, 2.05) is 0 Å². The van der Waals surface area contributed by atoms with E-state index >= 15 is 0 Å². The van der Waals surface area contributed by atoms with E-state index in [1.165, 1.54) is 16.4 Å². The molecule has 1 N–H and O–H groups in total. The lowest BCUT2D eigenvalue weighted by atomic mass is 10.0. The number of benzene rings is 1. The fourth-order valence-electron chi connectivity index (χ4n) is 2.94. The average molecular weight is 311 g/mol. The number of carboxylic acid groups (broad SMARTS) is 1. The Bertz CT molecular complexity index is 628. The predicted molar refractivity (Wildman–Crippen MR) is 74.3 cm³/mol. The van der Waals surface area contributed by atoms with E-state index in [2.05, 4.69) is 0 Å². The smallest absolute Gasteiger partial charge is 0.307 e. The summed E-state index contributed by atoms with van der Waals surface area (Å²) in [6.45, 7) is 2.27. The minimum Gasteiger partial charge on any atom is -0.481 e. The summed E-state index contributed by atoms with van der Waals surface area (Å²) in [6, 6.07) is 6.08. The van der Waals surface area contributed by atoms with E-state index in [4.69, 9.17) is 9.84 Å². The number of hydrogen-bond acceptors (Lipinski definition) is 4. The van der Waals surface area contributed by atoms with Gasteiger partial charge in [-0.1, -0.05) is 12.1 Å². The molecule has 114 valence electrons. The molecule has 0 spiro atoms. The van der Waals surface area contributed by atoms with Crippen LogP contribution in [0.5, 0.6) is 0 Å². The lowest BCUT2D eigenvalue weighted by Crippen LogP contribution is -2.30. The van der Waals surface area contributed by atoms with Gasteiger partial charge in [-0.05, 0) is 17.7 Å². The molecule has 21 heavy (non-hydrogen) atoms. The van der Waals surface area contributed by atoms with Crippen LogP contribution >= 0.6 is 0 Å². The first-order chi connectivity index (χ1) is 9.96. The molecule has 7 heteroatoms. The van der Waals surface area contributed by atoms with Crippen LogP contribution in [-0.4, -0.2) is 50.1 Å². The van der Waals surface area contributed by atoms with Crippen LogP contribution in [-0.2, 0) is 26.0 Å². The summed E-state index contributed by atoms with van der Waals surface area (Å²) >= 11 is 0. The van der Waals surface area contributed by atoms with E-state index in [0.29, 0.717) is 43.7 Å². The lowest BCUT2D eigenvalue weighted by molar-refractivity contribution is -0.136. The highest BCUT2D eigenvalue weighted by Crippen LogP contribution is 2.32. The monoisotopic (exact) mass is 311 g/mol. The van der Waals surface area contributed by atoms with Crippen LogP contribution in [0.25, 0.3) is 0 Å². The Hall–Kier alpha value is -1.44. The Morgan fingerprint density at radius 2 is 1.76 bits per heavy atom. The van der Waals surface area contributed by atoms with Crippen molar-refractivity contribution in [2.24, 2.45) is 11.8 Å². The van der Waals surface area contributed by atoms with Gasteiger partial charge in [-0.3, -0.25) is 4.79 Å². The van der Waals surface area contributed by atoms with Gasteiger partial charge < -0.3 is 9.84 Å². The summed E-state index contributed by atoms with van der Waals surface area (Å²) in [5, 5.41) is 8.72. The molecule has 0 radical (unpaired) electrons. The zero-order valence-electron chi connectivity index (χ0n) is 11.4. The number of aliphatic carboxylic acids is 1. The maximum Gasteiger partial charge on any atom is 0.307 e. The molecule has 0 aliphatic carbocycles. The van der Waals surface area contributed by atoms with Crippen molar-refractivity contribution in [1.29, 1.82) is 0 Å². The normalized spacial score (nSPS) is 25.9. The number of carbonyl (C=O) groups is 1. The van der Waals surface area contributed by atoms with Gasteiger partial charge in [-0.15, -0.1) is 0 Å². The minimum absolute atomic E-state index is 0.106. The predicted octanol–water partition coefficient (Wildman–Crippen LogP) is 0.581. The summed E-state index contributed by atoms with van der Waals surface area (Å²) in [4.78, 5) is 10.9. The third-order valence-corrected chi connectivity index (χ3v) is 5.97. The first-order valence-corrected chi connectivity index (χ1v) is 8.29. The fourth-order valence-corrected chi connectivity index (χ4v) is 4.50. The minimum atomic E-state index is -3.50. The van der Waals surface area contributed by atoms with Gasteiger partial charge in [0.25, 0.3) is 0 Å². The standard InChI is InChI=1S/C14H17NO5S/c16-14(17)5-10-1-3-13(4-2-10)21(18,19)15-6-11-8-20-9-12(11)7-15/h1-4,11-12H,5-9H2,(H,16,17)/t11-,12+. The van der Waals surface area contributed by atoms with E-state index in [-0.39, 0.29) is 11.3 Å². The lowest BCUT2D eigenvalue weighted by Gasteiger charge is -2.17. The molecular formula is C14H17NO5S. The van der Waals surface area contributed by atoms with Gasteiger partial charge >= 0.3 is 5.97 Å². The maximum absolute atomic E-state index is 12.6. The van der Waals surface area contributed by atoms with E-state index in [9.17, 15) is 13.2 Å². The van der Waals surface area contributed by atoms with Crippen LogP contribution in [0.15, 0.2) is 29.2 Å². The third-order valence-electron chi connectivity index (χ3n) is 4.12. The molecule has 1 aromatic carbocycles. The van der Waals surface area contributed by atoms with Crippen LogP contribution in [0.1, 0.15) is 5.56 Å². The van der Waals surface area contributed by atoms with E-state index < -0.39 is 16.0 Å². The van der Waals surface area contributed by atoms with Crippen molar-refractivity contribution < 1.29 is 23.1 Å². The molecule has 0 amide bonds. The summed E-state index contributed by atoms with van der Waals surface area (Å²) in [5.74, 6) is -0.338. The summed E-state index contributed by atoms with van der Waals surface area (Å²) in [6.07, 6.45) is -0.106. The Kier molecular flexibility index (Phi) is 3.73. The highest BCUT2D eigenvalue weighted by atomic mass is 32.2. The first-order valence-electron chi connectivity index (χ1n) is 6.85. The molecule has 0 aromatic heterocycles. The molecule has 2 fully saturated rings. The molecule has 2 aliphatic rings. The molecule has 2 atom stereocenters. The Morgan fingerprint density at radius 1 is 1.19 bits per heavy atom. The molecular weight excluding hydrogens is 294 g/mol. The quantitative estimate of drug-likeness (QED) is 0.879. The van der Waals surface area contributed by atoms with Gasteiger partial charge in [0.1, 0.15) is 0 Å². The molecule has 0 unspecified atom stereocenters. The van der Waals surface area contributed by atoms with E-state index in [0.717, 1.165) is 0 Å². The molecule has 1 aromatic rings. The second kappa shape index (κ2) is 5.40. The fraction of sp³-hybridized carbons (Fsp3) is 0.500. The van der Waals surface area contributed by atoms with Gasteiger partial charge in [0.2, 0.25) is 10.0 Å². The summed E-state index contributed by atoms with van der Waals surface area (Å²) < 4.78 is 32.0. The highest BCUT2D eigenvalue weighted by Gasteiger charge is 2.42. The molecule has 2 heterocycles. The number of sulfonamides is 1. The Labute approximate surface area is 123 Å². The third kappa shape index (κ3) is 2.81. The van der Waals surface area contributed by atoms with Crippen molar-refractivity contribution >= 4 is 16.0 Å².